The minimum atomic E-state index is -4.49. The number of pyridine rings is 1. The number of nitrogens with zero attached hydrogens (tertiary/aromatic N) is 1. The first-order chi connectivity index (χ1) is 5.41. The van der Waals surface area contributed by atoms with Gasteiger partial charge in [0.05, 0.1) is 0 Å². The highest BCUT2D eigenvalue weighted by molar-refractivity contribution is 5.26. The Labute approximate surface area is 66.7 Å². The van der Waals surface area contributed by atoms with Gasteiger partial charge in [0.1, 0.15) is 5.69 Å². The molecule has 1 aromatic rings. The van der Waals surface area contributed by atoms with Gasteiger partial charge in [-0.2, -0.15) is 13.2 Å². The minimum Gasteiger partial charge on any atom is -0.493 e. The van der Waals surface area contributed by atoms with Gasteiger partial charge >= 0.3 is 6.18 Å². The molecule has 0 atom stereocenters. The molecule has 1 heterocycles. The van der Waals surface area contributed by atoms with E-state index in [1.807, 2.05) is 0 Å². The monoisotopic (exact) mass is 177 g/mol. The van der Waals surface area contributed by atoms with Gasteiger partial charge in [0.15, 0.2) is 0 Å². The third-order valence-electron chi connectivity index (χ3n) is 1.36. The summed E-state index contributed by atoms with van der Waals surface area (Å²) >= 11 is 0. The van der Waals surface area contributed by atoms with Crippen LogP contribution in [-0.2, 0) is 6.18 Å². The Balaban J connectivity index is 3.14. The molecule has 5 heteroatoms. The smallest absolute Gasteiger partial charge is 0.433 e. The molecule has 0 unspecified atom stereocenters. The molecule has 0 aromatic carbocycles. The topological polar surface area (TPSA) is 33.1 Å². The Kier molecular flexibility index (Phi) is 1.95. The van der Waals surface area contributed by atoms with Gasteiger partial charge in [0, 0.05) is 5.56 Å². The van der Waals surface area contributed by atoms with Crippen molar-refractivity contribution in [3.05, 3.63) is 23.4 Å². The van der Waals surface area contributed by atoms with E-state index < -0.39 is 17.8 Å². The summed E-state index contributed by atoms with van der Waals surface area (Å²) in [5, 5.41) is 8.85. The van der Waals surface area contributed by atoms with Crippen molar-refractivity contribution in [3.8, 4) is 5.88 Å². The van der Waals surface area contributed by atoms with Crippen molar-refractivity contribution in [1.29, 1.82) is 0 Å². The number of hydrogen-bond acceptors (Lipinski definition) is 2. The lowest BCUT2D eigenvalue weighted by atomic mass is 10.2. The highest BCUT2D eigenvalue weighted by Gasteiger charge is 2.32. The molecular weight excluding hydrogens is 171 g/mol. The van der Waals surface area contributed by atoms with Crippen molar-refractivity contribution in [2.45, 2.75) is 13.1 Å². The molecule has 0 fully saturated rings. The maximum atomic E-state index is 11.9. The highest BCUT2D eigenvalue weighted by atomic mass is 19.4. The minimum absolute atomic E-state index is 0.322. The second kappa shape index (κ2) is 2.66. The molecule has 0 aliphatic rings. The maximum absolute atomic E-state index is 11.9. The van der Waals surface area contributed by atoms with Gasteiger partial charge < -0.3 is 5.11 Å². The average molecular weight is 177 g/mol. The van der Waals surface area contributed by atoms with Crippen LogP contribution in [0.1, 0.15) is 11.3 Å². The van der Waals surface area contributed by atoms with Crippen LogP contribution in [0.4, 0.5) is 13.2 Å². The molecule has 0 aliphatic heterocycles. The zero-order chi connectivity index (χ0) is 9.35. The molecule has 0 spiro atoms. The van der Waals surface area contributed by atoms with Crippen LogP contribution in [0.25, 0.3) is 0 Å². The predicted octanol–water partition coefficient (Wildman–Crippen LogP) is 2.11. The number of rotatable bonds is 0. The van der Waals surface area contributed by atoms with Crippen LogP contribution in [-0.4, -0.2) is 10.1 Å². The maximum Gasteiger partial charge on any atom is 0.433 e. The molecular formula is C7H6F3NO. The van der Waals surface area contributed by atoms with E-state index in [-0.39, 0.29) is 0 Å². The lowest BCUT2D eigenvalue weighted by Gasteiger charge is -2.05. The largest absolute Gasteiger partial charge is 0.493 e. The predicted molar refractivity (Wildman–Crippen MR) is 35.6 cm³/mol. The highest BCUT2D eigenvalue weighted by Crippen LogP contribution is 2.29. The first-order valence-electron chi connectivity index (χ1n) is 3.15. The van der Waals surface area contributed by atoms with E-state index in [0.717, 1.165) is 6.07 Å². The molecule has 2 nitrogen and oxygen atoms in total. The number of aromatic nitrogens is 1. The fourth-order valence-corrected chi connectivity index (χ4v) is 0.676. The summed E-state index contributed by atoms with van der Waals surface area (Å²) in [7, 11) is 0. The van der Waals surface area contributed by atoms with Crippen molar-refractivity contribution < 1.29 is 18.3 Å². The number of aromatic hydroxyl groups is 1. The van der Waals surface area contributed by atoms with Crippen LogP contribution in [0.3, 0.4) is 0 Å². The first-order valence-corrected chi connectivity index (χ1v) is 3.15. The zero-order valence-corrected chi connectivity index (χ0v) is 6.18. The molecule has 12 heavy (non-hydrogen) atoms. The molecule has 0 aliphatic carbocycles. The molecule has 0 radical (unpaired) electrons. The molecule has 0 amide bonds. The van der Waals surface area contributed by atoms with Crippen LogP contribution in [0.5, 0.6) is 5.88 Å². The first kappa shape index (κ1) is 8.83. The molecule has 66 valence electrons. The van der Waals surface area contributed by atoms with Crippen molar-refractivity contribution in [1.82, 2.24) is 4.98 Å². The Morgan fingerprint density at radius 1 is 1.33 bits per heavy atom. The third kappa shape index (κ3) is 1.66. The normalized spacial score (nSPS) is 11.7. The quantitative estimate of drug-likeness (QED) is 0.658. The van der Waals surface area contributed by atoms with Crippen LogP contribution in [0.15, 0.2) is 12.1 Å². The second-order valence-electron chi connectivity index (χ2n) is 2.33. The van der Waals surface area contributed by atoms with E-state index in [1.54, 1.807) is 0 Å². The van der Waals surface area contributed by atoms with Gasteiger partial charge in [0.25, 0.3) is 0 Å². The van der Waals surface area contributed by atoms with Crippen LogP contribution in [0, 0.1) is 6.92 Å². The zero-order valence-electron chi connectivity index (χ0n) is 6.18. The van der Waals surface area contributed by atoms with Gasteiger partial charge in [-0.05, 0) is 13.0 Å². The SMILES string of the molecule is Cc1ccc(C(F)(F)F)nc1O. The van der Waals surface area contributed by atoms with E-state index in [2.05, 4.69) is 4.98 Å². The Morgan fingerprint density at radius 3 is 2.33 bits per heavy atom. The summed E-state index contributed by atoms with van der Waals surface area (Å²) in [6.45, 7) is 1.47. The van der Waals surface area contributed by atoms with E-state index in [1.165, 1.54) is 13.0 Å². The van der Waals surface area contributed by atoms with Crippen molar-refractivity contribution >= 4 is 0 Å². The molecule has 1 aromatic heterocycles. The van der Waals surface area contributed by atoms with E-state index in [9.17, 15) is 13.2 Å². The summed E-state index contributed by atoms with van der Waals surface area (Å²) in [6.07, 6.45) is -4.49. The second-order valence-corrected chi connectivity index (χ2v) is 2.33. The van der Waals surface area contributed by atoms with Crippen LogP contribution in [0.2, 0.25) is 0 Å². The van der Waals surface area contributed by atoms with Gasteiger partial charge in [0.2, 0.25) is 5.88 Å². The lowest BCUT2D eigenvalue weighted by Crippen LogP contribution is -2.07. The van der Waals surface area contributed by atoms with E-state index in [0.29, 0.717) is 5.56 Å². The number of hydrogen-bond donors (Lipinski definition) is 1. The van der Waals surface area contributed by atoms with Gasteiger partial charge in [-0.25, -0.2) is 4.98 Å². The summed E-state index contributed by atoms with van der Waals surface area (Å²) in [6, 6.07) is 2.00. The lowest BCUT2D eigenvalue weighted by molar-refractivity contribution is -0.141. The Morgan fingerprint density at radius 2 is 1.92 bits per heavy atom. The number of aryl methyl sites for hydroxylation is 1. The summed E-state index contributed by atoms with van der Waals surface area (Å²) in [5.74, 6) is -0.579. The van der Waals surface area contributed by atoms with E-state index in [4.69, 9.17) is 5.11 Å². The standard InChI is InChI=1S/C7H6F3NO/c1-4-2-3-5(7(8,9)10)11-6(4)12/h2-3H,1H3,(H,11,12). The van der Waals surface area contributed by atoms with Crippen LogP contribution < -0.4 is 0 Å². The summed E-state index contributed by atoms with van der Waals surface area (Å²) in [5.41, 5.74) is -0.756. The molecule has 0 saturated carbocycles. The molecule has 1 rings (SSSR count). The summed E-state index contributed by atoms with van der Waals surface area (Å²) in [4.78, 5) is 2.97. The average Bonchev–Trinajstić information content (AvgIpc) is 1.92. The third-order valence-corrected chi connectivity index (χ3v) is 1.36. The fourth-order valence-electron chi connectivity index (χ4n) is 0.676. The van der Waals surface area contributed by atoms with Gasteiger partial charge in [-0.15, -0.1) is 0 Å². The molecule has 1 N–H and O–H groups in total. The fraction of sp³-hybridized carbons (Fsp3) is 0.286. The van der Waals surface area contributed by atoms with Crippen molar-refractivity contribution in [2.75, 3.05) is 0 Å². The van der Waals surface area contributed by atoms with E-state index >= 15 is 0 Å². The Bertz CT molecular complexity index is 295. The van der Waals surface area contributed by atoms with Crippen LogP contribution >= 0.6 is 0 Å². The molecule has 0 bridgehead atoms. The Hall–Kier alpha value is -1.26. The van der Waals surface area contributed by atoms with Gasteiger partial charge in [-0.1, -0.05) is 6.07 Å². The van der Waals surface area contributed by atoms with Crippen molar-refractivity contribution in [3.63, 3.8) is 0 Å². The summed E-state index contributed by atoms with van der Waals surface area (Å²) < 4.78 is 35.8. The number of halogens is 3. The van der Waals surface area contributed by atoms with Crippen molar-refractivity contribution in [2.24, 2.45) is 0 Å². The number of alkyl halides is 3. The van der Waals surface area contributed by atoms with Gasteiger partial charge in [-0.3, -0.25) is 0 Å². The molecule has 0 saturated heterocycles.